The first-order valence-electron chi connectivity index (χ1n) is 9.69. The molecule has 1 heterocycles. The molecule has 1 saturated heterocycles. The molecule has 0 aromatic carbocycles. The summed E-state index contributed by atoms with van der Waals surface area (Å²) in [5.41, 5.74) is 4.10. The number of nitrogens with zero attached hydrogens (tertiary/aromatic N) is 1. The lowest BCUT2D eigenvalue weighted by Crippen LogP contribution is -2.38. The fourth-order valence-electron chi connectivity index (χ4n) is 3.47. The number of methoxy groups -OCH3 is 1. The number of hydrogen-bond donors (Lipinski definition) is 1. The van der Waals surface area contributed by atoms with Gasteiger partial charge < -0.3 is 19.3 Å². The number of allylic oxidation sites excluding steroid dienone is 3. The minimum absolute atomic E-state index is 0.0365. The summed E-state index contributed by atoms with van der Waals surface area (Å²) >= 11 is 0. The summed E-state index contributed by atoms with van der Waals surface area (Å²) in [6, 6.07) is 0. The number of morpholine rings is 1. The van der Waals surface area contributed by atoms with Crippen molar-refractivity contribution in [3.05, 3.63) is 34.1 Å². The third-order valence-corrected chi connectivity index (χ3v) is 5.25. The first-order valence-corrected chi connectivity index (χ1v) is 9.69. The number of aliphatic hydroxyl groups excluding tert-OH is 1. The van der Waals surface area contributed by atoms with E-state index in [-0.39, 0.29) is 11.9 Å². The molecule has 152 valence electrons. The number of ether oxygens (including phenoxy) is 3. The van der Waals surface area contributed by atoms with E-state index in [0.29, 0.717) is 31.8 Å². The van der Waals surface area contributed by atoms with E-state index in [1.807, 2.05) is 20.8 Å². The van der Waals surface area contributed by atoms with Gasteiger partial charge in [0.1, 0.15) is 12.4 Å². The molecule has 0 amide bonds. The molecule has 0 spiro atoms. The molecule has 2 rings (SSSR count). The Morgan fingerprint density at radius 2 is 2.04 bits per heavy atom. The zero-order valence-electron chi connectivity index (χ0n) is 17.0. The van der Waals surface area contributed by atoms with E-state index in [1.165, 1.54) is 0 Å². The van der Waals surface area contributed by atoms with Gasteiger partial charge in [0.05, 0.1) is 19.8 Å². The van der Waals surface area contributed by atoms with Gasteiger partial charge in [-0.2, -0.15) is 0 Å². The number of rotatable bonds is 9. The molecule has 1 aliphatic carbocycles. The summed E-state index contributed by atoms with van der Waals surface area (Å²) < 4.78 is 15.9. The molecule has 1 unspecified atom stereocenters. The van der Waals surface area contributed by atoms with Gasteiger partial charge in [-0.25, -0.2) is 0 Å². The minimum Gasteiger partial charge on any atom is -0.511 e. The van der Waals surface area contributed by atoms with Crippen molar-refractivity contribution in [3.8, 4) is 0 Å². The Kier molecular flexibility index (Phi) is 8.54. The number of carbonyl (C=O) groups is 1. The second-order valence-electron chi connectivity index (χ2n) is 7.26. The molecular formula is C21H33NO5. The average molecular weight is 379 g/mol. The highest BCUT2D eigenvalue weighted by molar-refractivity contribution is 5.69. The topological polar surface area (TPSA) is 68.2 Å². The smallest absolute Gasteiger partial charge is 0.306 e. The maximum atomic E-state index is 12.0. The summed E-state index contributed by atoms with van der Waals surface area (Å²) in [5.74, 6) is 0.202. The van der Waals surface area contributed by atoms with Gasteiger partial charge in [-0.3, -0.25) is 9.69 Å². The predicted molar refractivity (Wildman–Crippen MR) is 105 cm³/mol. The average Bonchev–Trinajstić information content (AvgIpc) is 2.86. The van der Waals surface area contributed by atoms with Crippen molar-refractivity contribution in [1.29, 1.82) is 0 Å². The molecule has 27 heavy (non-hydrogen) atoms. The monoisotopic (exact) mass is 379 g/mol. The van der Waals surface area contributed by atoms with Gasteiger partial charge in [0, 0.05) is 39.1 Å². The van der Waals surface area contributed by atoms with Crippen molar-refractivity contribution in [2.75, 3.05) is 53.2 Å². The highest BCUT2D eigenvalue weighted by Crippen LogP contribution is 2.37. The van der Waals surface area contributed by atoms with Crippen molar-refractivity contribution in [2.45, 2.75) is 33.6 Å². The van der Waals surface area contributed by atoms with Gasteiger partial charge in [-0.1, -0.05) is 18.6 Å². The first kappa shape index (κ1) is 21.7. The Bertz CT molecular complexity index is 614. The lowest BCUT2D eigenvalue weighted by atomic mass is 9.97. The third kappa shape index (κ3) is 6.19. The van der Waals surface area contributed by atoms with Crippen LogP contribution in [0.1, 0.15) is 33.6 Å². The summed E-state index contributed by atoms with van der Waals surface area (Å²) in [4.78, 5) is 14.2. The summed E-state index contributed by atoms with van der Waals surface area (Å²) in [6.07, 6.45) is 3.09. The van der Waals surface area contributed by atoms with E-state index in [2.05, 4.69) is 11.0 Å². The normalized spacial score (nSPS) is 21.9. The maximum absolute atomic E-state index is 12.0. The van der Waals surface area contributed by atoms with Crippen LogP contribution in [0.5, 0.6) is 0 Å². The lowest BCUT2D eigenvalue weighted by Gasteiger charge is -2.26. The highest BCUT2D eigenvalue weighted by Gasteiger charge is 2.27. The van der Waals surface area contributed by atoms with Crippen LogP contribution in [0.4, 0.5) is 0 Å². The molecular weight excluding hydrogens is 346 g/mol. The van der Waals surface area contributed by atoms with Gasteiger partial charge in [-0.05, 0) is 37.0 Å². The molecule has 6 nitrogen and oxygen atoms in total. The van der Waals surface area contributed by atoms with Crippen molar-refractivity contribution in [1.82, 2.24) is 4.90 Å². The van der Waals surface area contributed by atoms with Crippen LogP contribution in [0.25, 0.3) is 0 Å². The quantitative estimate of drug-likeness (QED) is 0.621. The van der Waals surface area contributed by atoms with Crippen LogP contribution in [0.15, 0.2) is 34.1 Å². The zero-order valence-corrected chi connectivity index (χ0v) is 17.0. The van der Waals surface area contributed by atoms with Gasteiger partial charge in [0.2, 0.25) is 0 Å². The number of hydrogen-bond acceptors (Lipinski definition) is 6. The molecule has 1 aliphatic heterocycles. The van der Waals surface area contributed by atoms with E-state index in [4.69, 9.17) is 14.2 Å². The van der Waals surface area contributed by atoms with Crippen LogP contribution in [0.2, 0.25) is 0 Å². The second-order valence-corrected chi connectivity index (χ2v) is 7.26. The third-order valence-electron chi connectivity index (χ3n) is 5.25. The lowest BCUT2D eigenvalue weighted by molar-refractivity contribution is -0.144. The Morgan fingerprint density at radius 3 is 2.70 bits per heavy atom. The highest BCUT2D eigenvalue weighted by atomic mass is 16.5. The zero-order chi connectivity index (χ0) is 19.8. The summed E-state index contributed by atoms with van der Waals surface area (Å²) in [5, 5.41) is 10.2. The van der Waals surface area contributed by atoms with Crippen LogP contribution < -0.4 is 0 Å². The van der Waals surface area contributed by atoms with Crippen LogP contribution in [0.3, 0.4) is 0 Å². The molecule has 2 aliphatic rings. The standard InChI is InChI=1S/C21H33NO5/c1-15(13-18-16(2)21(24)17(3)19(18)14-25-4)5-6-20(23)27-12-9-22-7-10-26-11-8-22/h13,16,24H,5-12,14H2,1-4H3/b15-13+. The number of esters is 1. The van der Waals surface area contributed by atoms with Gasteiger partial charge >= 0.3 is 5.97 Å². The second kappa shape index (κ2) is 10.6. The molecule has 0 radical (unpaired) electrons. The SMILES string of the molecule is COCC1=C(/C=C(\C)CCC(=O)OCCN2CCOCC2)C(C)C(O)=C1C. The molecule has 1 fully saturated rings. The number of aliphatic hydroxyl groups is 1. The fourth-order valence-corrected chi connectivity index (χ4v) is 3.47. The van der Waals surface area contributed by atoms with Crippen molar-refractivity contribution in [3.63, 3.8) is 0 Å². The predicted octanol–water partition coefficient (Wildman–Crippen LogP) is 3.01. The molecule has 0 aromatic rings. The van der Waals surface area contributed by atoms with E-state index < -0.39 is 0 Å². The Morgan fingerprint density at radius 1 is 1.33 bits per heavy atom. The molecule has 1 atom stereocenters. The van der Waals surface area contributed by atoms with E-state index >= 15 is 0 Å². The van der Waals surface area contributed by atoms with Crippen LogP contribution in [-0.2, 0) is 19.0 Å². The number of carbonyl (C=O) groups excluding carboxylic acids is 1. The summed E-state index contributed by atoms with van der Waals surface area (Å²) in [6.45, 7) is 10.9. The summed E-state index contributed by atoms with van der Waals surface area (Å²) in [7, 11) is 1.65. The largest absolute Gasteiger partial charge is 0.511 e. The van der Waals surface area contributed by atoms with Gasteiger partial charge in [0.15, 0.2) is 0 Å². The molecule has 1 N–H and O–H groups in total. The molecule has 0 saturated carbocycles. The Balaban J connectivity index is 1.80. The Hall–Kier alpha value is -1.63. The van der Waals surface area contributed by atoms with E-state index in [0.717, 1.165) is 55.1 Å². The minimum atomic E-state index is -0.168. The van der Waals surface area contributed by atoms with Crippen molar-refractivity contribution < 1.29 is 24.1 Å². The van der Waals surface area contributed by atoms with Crippen molar-refractivity contribution >= 4 is 5.97 Å². The Labute approximate surface area is 162 Å². The van der Waals surface area contributed by atoms with Gasteiger partial charge in [-0.15, -0.1) is 0 Å². The maximum Gasteiger partial charge on any atom is 0.306 e. The fraction of sp³-hybridized carbons (Fsp3) is 0.667. The van der Waals surface area contributed by atoms with Crippen LogP contribution in [-0.4, -0.2) is 69.1 Å². The molecule has 0 aromatic heterocycles. The van der Waals surface area contributed by atoms with E-state index in [9.17, 15) is 9.90 Å². The molecule has 6 heteroatoms. The van der Waals surface area contributed by atoms with E-state index in [1.54, 1.807) is 7.11 Å². The van der Waals surface area contributed by atoms with Crippen LogP contribution >= 0.6 is 0 Å². The molecule has 0 bridgehead atoms. The van der Waals surface area contributed by atoms with Crippen LogP contribution in [0, 0.1) is 5.92 Å². The van der Waals surface area contributed by atoms with Gasteiger partial charge in [0.25, 0.3) is 0 Å². The first-order chi connectivity index (χ1) is 12.9. The van der Waals surface area contributed by atoms with Crippen molar-refractivity contribution in [2.24, 2.45) is 5.92 Å².